The molecule has 0 aromatic heterocycles. The number of carbonyl (C=O) groups excluding carboxylic acids is 1. The molecule has 6 heteroatoms. The van der Waals surface area contributed by atoms with Crippen LogP contribution < -0.4 is 10.1 Å². The molecule has 2 N–H and O–H groups in total. The third-order valence-electron chi connectivity index (χ3n) is 2.65. The van der Waals surface area contributed by atoms with Gasteiger partial charge in [0.05, 0.1) is 0 Å². The summed E-state index contributed by atoms with van der Waals surface area (Å²) in [4.78, 5) is 12.9. The van der Waals surface area contributed by atoms with Crippen molar-refractivity contribution in [1.82, 2.24) is 10.2 Å². The van der Waals surface area contributed by atoms with Crippen molar-refractivity contribution in [1.29, 1.82) is 0 Å². The van der Waals surface area contributed by atoms with Gasteiger partial charge >= 0.3 is 0 Å². The molecule has 1 aromatic carbocycles. The zero-order valence-corrected chi connectivity index (χ0v) is 13.4. The van der Waals surface area contributed by atoms with E-state index in [0.717, 1.165) is 10.2 Å². The second-order valence-electron chi connectivity index (χ2n) is 4.66. The molecule has 0 spiro atoms. The molecule has 0 saturated heterocycles. The number of hydrogen-bond donors (Lipinski definition) is 2. The Morgan fingerprint density at radius 3 is 2.65 bits per heavy atom. The Morgan fingerprint density at radius 2 is 2.05 bits per heavy atom. The molecule has 112 valence electrons. The number of carbonyl (C=O) groups is 1. The normalized spacial score (nSPS) is 12.0. The number of rotatable bonds is 8. The summed E-state index contributed by atoms with van der Waals surface area (Å²) in [6.07, 6.45) is -0.180. The number of benzene rings is 1. The van der Waals surface area contributed by atoms with Crippen LogP contribution in [0.25, 0.3) is 0 Å². The fraction of sp³-hybridized carbons (Fsp3) is 0.500. The highest BCUT2D eigenvalue weighted by molar-refractivity contribution is 9.10. The fourth-order valence-corrected chi connectivity index (χ4v) is 1.73. The van der Waals surface area contributed by atoms with Crippen LogP contribution in [0.3, 0.4) is 0 Å². The summed E-state index contributed by atoms with van der Waals surface area (Å²) in [5, 5.41) is 12.8. The molecular weight excluding hydrogens is 324 g/mol. The number of halogens is 1. The molecule has 5 nitrogen and oxygen atoms in total. The third-order valence-corrected chi connectivity index (χ3v) is 3.18. The van der Waals surface area contributed by atoms with Crippen molar-refractivity contribution in [3.05, 3.63) is 28.7 Å². The van der Waals surface area contributed by atoms with Gasteiger partial charge in [-0.2, -0.15) is 0 Å². The van der Waals surface area contributed by atoms with Crippen LogP contribution in [0.5, 0.6) is 5.75 Å². The van der Waals surface area contributed by atoms with Crippen LogP contribution >= 0.6 is 15.9 Å². The monoisotopic (exact) mass is 344 g/mol. The second-order valence-corrected chi connectivity index (χ2v) is 5.58. The van der Waals surface area contributed by atoms with Gasteiger partial charge in [-0.3, -0.25) is 4.79 Å². The quantitative estimate of drug-likeness (QED) is 0.697. The average Bonchev–Trinajstić information content (AvgIpc) is 2.42. The van der Waals surface area contributed by atoms with E-state index in [1.165, 1.54) is 0 Å². The highest BCUT2D eigenvalue weighted by Gasteiger charge is 2.07. The van der Waals surface area contributed by atoms with Gasteiger partial charge < -0.3 is 20.1 Å². The molecular formula is C14H21BrN2O3. The van der Waals surface area contributed by atoms with E-state index in [-0.39, 0.29) is 12.5 Å². The first-order valence-corrected chi connectivity index (χ1v) is 7.25. The number of nitrogens with one attached hydrogen (secondary N) is 1. The summed E-state index contributed by atoms with van der Waals surface area (Å²) in [5.74, 6) is 0.785. The van der Waals surface area contributed by atoms with Gasteiger partial charge in [0.15, 0.2) is 0 Å². The maximum atomic E-state index is 11.3. The van der Waals surface area contributed by atoms with E-state index in [9.17, 15) is 9.90 Å². The number of hydrogen-bond acceptors (Lipinski definition) is 4. The largest absolute Gasteiger partial charge is 0.491 e. The number of amides is 1. The maximum absolute atomic E-state index is 11.3. The number of nitrogens with zero attached hydrogens (tertiary/aromatic N) is 1. The summed E-state index contributed by atoms with van der Waals surface area (Å²) >= 11 is 3.34. The van der Waals surface area contributed by atoms with Gasteiger partial charge in [-0.05, 0) is 24.3 Å². The van der Waals surface area contributed by atoms with Crippen molar-refractivity contribution < 1.29 is 14.6 Å². The molecule has 0 aliphatic heterocycles. The summed E-state index contributed by atoms with van der Waals surface area (Å²) in [6, 6.07) is 7.43. The highest BCUT2D eigenvalue weighted by Crippen LogP contribution is 2.16. The molecule has 1 unspecified atom stereocenters. The Bertz CT molecular complexity index is 409. The van der Waals surface area contributed by atoms with E-state index in [2.05, 4.69) is 21.2 Å². The molecule has 0 heterocycles. The Hall–Kier alpha value is -1.11. The van der Waals surface area contributed by atoms with Gasteiger partial charge in [0.25, 0.3) is 0 Å². The number of aliphatic hydroxyl groups excluding tert-OH is 1. The van der Waals surface area contributed by atoms with Gasteiger partial charge in [-0.25, -0.2) is 0 Å². The Labute approximate surface area is 128 Å². The van der Waals surface area contributed by atoms with E-state index < -0.39 is 6.10 Å². The van der Waals surface area contributed by atoms with E-state index in [0.29, 0.717) is 19.5 Å². The molecule has 1 atom stereocenters. The van der Waals surface area contributed by atoms with E-state index in [4.69, 9.17) is 4.74 Å². The first-order valence-electron chi connectivity index (χ1n) is 6.46. The topological polar surface area (TPSA) is 61.8 Å². The van der Waals surface area contributed by atoms with Crippen molar-refractivity contribution in [2.24, 2.45) is 0 Å². The maximum Gasteiger partial charge on any atom is 0.223 e. The summed E-state index contributed by atoms with van der Waals surface area (Å²) < 4.78 is 6.44. The molecule has 0 aliphatic carbocycles. The molecule has 0 radical (unpaired) electrons. The summed E-state index contributed by atoms with van der Waals surface area (Å²) in [5.41, 5.74) is 0. The van der Waals surface area contributed by atoms with Gasteiger partial charge in [0.1, 0.15) is 18.5 Å². The van der Waals surface area contributed by atoms with Crippen LogP contribution in [-0.4, -0.2) is 55.8 Å². The standard InChI is InChI=1S/C14H21BrN2O3/c1-17(2)14(19)7-8-16-9-12(18)10-20-13-5-3-11(15)4-6-13/h3-6,12,16,18H,7-10H2,1-2H3. The van der Waals surface area contributed by atoms with Crippen molar-refractivity contribution in [3.8, 4) is 5.75 Å². The Morgan fingerprint density at radius 1 is 1.40 bits per heavy atom. The van der Waals surface area contributed by atoms with Crippen LogP contribution in [0.4, 0.5) is 0 Å². The predicted molar refractivity (Wildman–Crippen MR) is 81.8 cm³/mol. The molecule has 0 bridgehead atoms. The van der Waals surface area contributed by atoms with Gasteiger partial charge in [-0.1, -0.05) is 15.9 Å². The highest BCUT2D eigenvalue weighted by atomic mass is 79.9. The van der Waals surface area contributed by atoms with Gasteiger partial charge in [0, 0.05) is 38.1 Å². The lowest BCUT2D eigenvalue weighted by atomic mass is 10.3. The SMILES string of the molecule is CN(C)C(=O)CCNCC(O)COc1ccc(Br)cc1. The van der Waals surface area contributed by atoms with Crippen molar-refractivity contribution >= 4 is 21.8 Å². The minimum Gasteiger partial charge on any atom is -0.491 e. The van der Waals surface area contributed by atoms with Crippen LogP contribution in [0, 0.1) is 0 Å². The van der Waals surface area contributed by atoms with Crippen LogP contribution in [0.1, 0.15) is 6.42 Å². The van der Waals surface area contributed by atoms with E-state index in [1.807, 2.05) is 24.3 Å². The van der Waals surface area contributed by atoms with E-state index >= 15 is 0 Å². The molecule has 1 rings (SSSR count). The number of ether oxygens (including phenoxy) is 1. The molecule has 0 saturated carbocycles. The minimum absolute atomic E-state index is 0.0677. The lowest BCUT2D eigenvalue weighted by Crippen LogP contribution is -2.34. The zero-order valence-electron chi connectivity index (χ0n) is 11.8. The molecule has 1 aromatic rings. The minimum atomic E-state index is -0.604. The summed E-state index contributed by atoms with van der Waals surface area (Å²) in [6.45, 7) is 1.17. The van der Waals surface area contributed by atoms with Gasteiger partial charge in [-0.15, -0.1) is 0 Å². The molecule has 1 amide bonds. The third kappa shape index (κ3) is 6.88. The van der Waals surface area contributed by atoms with Crippen molar-refractivity contribution in [2.45, 2.75) is 12.5 Å². The molecule has 0 aliphatic rings. The lowest BCUT2D eigenvalue weighted by Gasteiger charge is -2.14. The average molecular weight is 345 g/mol. The first kappa shape index (κ1) is 16.9. The van der Waals surface area contributed by atoms with Gasteiger partial charge in [0.2, 0.25) is 5.91 Å². The predicted octanol–water partition coefficient (Wildman–Crippen LogP) is 1.26. The van der Waals surface area contributed by atoms with Crippen molar-refractivity contribution in [2.75, 3.05) is 33.8 Å². The molecule has 0 fully saturated rings. The number of aliphatic hydroxyl groups is 1. The van der Waals surface area contributed by atoms with Crippen molar-refractivity contribution in [3.63, 3.8) is 0 Å². The first-order chi connectivity index (χ1) is 9.49. The van der Waals surface area contributed by atoms with E-state index in [1.54, 1.807) is 19.0 Å². The second kappa shape index (κ2) is 8.94. The van der Waals surface area contributed by atoms with Crippen LogP contribution in [-0.2, 0) is 4.79 Å². The molecule has 20 heavy (non-hydrogen) atoms. The van der Waals surface area contributed by atoms with Crippen LogP contribution in [0.15, 0.2) is 28.7 Å². The van der Waals surface area contributed by atoms with Crippen LogP contribution in [0.2, 0.25) is 0 Å². The summed E-state index contributed by atoms with van der Waals surface area (Å²) in [7, 11) is 3.45. The fourth-order valence-electron chi connectivity index (χ4n) is 1.47. The lowest BCUT2D eigenvalue weighted by molar-refractivity contribution is -0.128. The smallest absolute Gasteiger partial charge is 0.223 e. The zero-order chi connectivity index (χ0) is 15.0. The Balaban J connectivity index is 2.13. The Kier molecular flexibility index (Phi) is 7.58.